The Bertz CT molecular complexity index is 619. The molecule has 3 heterocycles. The first-order chi connectivity index (χ1) is 9.42. The van der Waals surface area contributed by atoms with E-state index in [1.54, 1.807) is 23.8 Å². The molecular formula is C14H13N3OS. The van der Waals surface area contributed by atoms with Gasteiger partial charge in [0.05, 0.1) is 24.2 Å². The Kier molecular flexibility index (Phi) is 3.67. The van der Waals surface area contributed by atoms with Crippen molar-refractivity contribution in [2.24, 2.45) is 0 Å². The highest BCUT2D eigenvalue weighted by molar-refractivity contribution is 7.13. The second kappa shape index (κ2) is 5.77. The molecule has 5 heteroatoms. The summed E-state index contributed by atoms with van der Waals surface area (Å²) in [5.41, 5.74) is 1.95. The van der Waals surface area contributed by atoms with Gasteiger partial charge in [-0.2, -0.15) is 0 Å². The fraction of sp³-hybridized carbons (Fsp3) is 0.143. The predicted octanol–water partition coefficient (Wildman–Crippen LogP) is 3.09. The van der Waals surface area contributed by atoms with Crippen LogP contribution in [0.5, 0.6) is 0 Å². The molecule has 4 nitrogen and oxygen atoms in total. The van der Waals surface area contributed by atoms with E-state index in [9.17, 15) is 0 Å². The van der Waals surface area contributed by atoms with Crippen LogP contribution in [0.15, 0.2) is 52.6 Å². The molecule has 0 aliphatic heterocycles. The van der Waals surface area contributed by atoms with Gasteiger partial charge >= 0.3 is 0 Å². The number of pyridine rings is 1. The summed E-state index contributed by atoms with van der Waals surface area (Å²) in [5, 5.41) is 6.31. The van der Waals surface area contributed by atoms with Crippen LogP contribution >= 0.6 is 11.3 Å². The molecule has 1 N–H and O–H groups in total. The lowest BCUT2D eigenvalue weighted by molar-refractivity contribution is 0.482. The zero-order valence-electron chi connectivity index (χ0n) is 10.2. The molecule has 0 unspecified atom stereocenters. The SMILES string of the molecule is c1ccc(-c2nc(CNCc3ccco3)cs2)nc1. The van der Waals surface area contributed by atoms with Crippen LogP contribution in [0.1, 0.15) is 11.5 Å². The highest BCUT2D eigenvalue weighted by Gasteiger charge is 2.05. The quantitative estimate of drug-likeness (QED) is 0.774. The van der Waals surface area contributed by atoms with Crippen molar-refractivity contribution in [3.8, 4) is 10.7 Å². The van der Waals surface area contributed by atoms with Crippen LogP contribution in [0.3, 0.4) is 0 Å². The lowest BCUT2D eigenvalue weighted by atomic mass is 10.3. The minimum atomic E-state index is 0.712. The maximum atomic E-state index is 5.26. The van der Waals surface area contributed by atoms with E-state index in [0.717, 1.165) is 28.7 Å². The Labute approximate surface area is 115 Å². The van der Waals surface area contributed by atoms with Crippen molar-refractivity contribution in [2.45, 2.75) is 13.1 Å². The summed E-state index contributed by atoms with van der Waals surface area (Å²) in [4.78, 5) is 8.86. The highest BCUT2D eigenvalue weighted by atomic mass is 32.1. The van der Waals surface area contributed by atoms with E-state index in [1.165, 1.54) is 0 Å². The number of nitrogens with one attached hydrogen (secondary N) is 1. The summed E-state index contributed by atoms with van der Waals surface area (Å²) in [6.07, 6.45) is 3.46. The van der Waals surface area contributed by atoms with E-state index in [2.05, 4.69) is 20.7 Å². The Balaban J connectivity index is 1.59. The van der Waals surface area contributed by atoms with Crippen molar-refractivity contribution in [2.75, 3.05) is 0 Å². The summed E-state index contributed by atoms with van der Waals surface area (Å²) in [7, 11) is 0. The first-order valence-corrected chi connectivity index (χ1v) is 6.89. The summed E-state index contributed by atoms with van der Waals surface area (Å²) < 4.78 is 5.26. The number of rotatable bonds is 5. The number of furan rings is 1. The van der Waals surface area contributed by atoms with Crippen LogP contribution in [0.4, 0.5) is 0 Å². The van der Waals surface area contributed by atoms with E-state index in [4.69, 9.17) is 4.42 Å². The topological polar surface area (TPSA) is 51.0 Å². The molecule has 96 valence electrons. The molecule has 0 radical (unpaired) electrons. The molecule has 0 atom stereocenters. The molecule has 3 aromatic heterocycles. The monoisotopic (exact) mass is 271 g/mol. The average Bonchev–Trinajstić information content (AvgIpc) is 3.11. The van der Waals surface area contributed by atoms with Crippen molar-refractivity contribution >= 4 is 11.3 Å². The Morgan fingerprint density at radius 2 is 2.16 bits per heavy atom. The molecule has 0 bridgehead atoms. The van der Waals surface area contributed by atoms with Crippen molar-refractivity contribution < 1.29 is 4.42 Å². The second-order valence-electron chi connectivity index (χ2n) is 4.04. The first kappa shape index (κ1) is 12.1. The first-order valence-electron chi connectivity index (χ1n) is 6.01. The number of aromatic nitrogens is 2. The third-order valence-electron chi connectivity index (χ3n) is 2.62. The summed E-state index contributed by atoms with van der Waals surface area (Å²) in [6.45, 7) is 1.44. The molecule has 0 aromatic carbocycles. The summed E-state index contributed by atoms with van der Waals surface area (Å²) in [5.74, 6) is 0.931. The fourth-order valence-electron chi connectivity index (χ4n) is 1.72. The Morgan fingerprint density at radius 3 is 2.95 bits per heavy atom. The molecule has 0 saturated heterocycles. The maximum absolute atomic E-state index is 5.26. The van der Waals surface area contributed by atoms with Crippen molar-refractivity contribution in [1.82, 2.24) is 15.3 Å². The molecule has 0 spiro atoms. The number of hydrogen-bond acceptors (Lipinski definition) is 5. The van der Waals surface area contributed by atoms with Gasteiger partial charge in [-0.15, -0.1) is 11.3 Å². The van der Waals surface area contributed by atoms with Gasteiger partial charge in [0, 0.05) is 18.1 Å². The number of hydrogen-bond donors (Lipinski definition) is 1. The van der Waals surface area contributed by atoms with E-state index in [-0.39, 0.29) is 0 Å². The van der Waals surface area contributed by atoms with Crippen LogP contribution in [0.2, 0.25) is 0 Å². The zero-order valence-corrected chi connectivity index (χ0v) is 11.1. The smallest absolute Gasteiger partial charge is 0.142 e. The molecular weight excluding hydrogens is 258 g/mol. The lowest BCUT2D eigenvalue weighted by Gasteiger charge is -1.99. The summed E-state index contributed by atoms with van der Waals surface area (Å²) in [6, 6.07) is 9.69. The Morgan fingerprint density at radius 1 is 1.16 bits per heavy atom. The molecule has 0 amide bonds. The van der Waals surface area contributed by atoms with E-state index in [0.29, 0.717) is 6.54 Å². The minimum absolute atomic E-state index is 0.712. The summed E-state index contributed by atoms with van der Waals surface area (Å²) >= 11 is 1.61. The standard InChI is InChI=1S/C14H13N3OS/c1-2-6-16-13(5-1)14-17-11(10-19-14)8-15-9-12-4-3-7-18-12/h1-7,10,15H,8-9H2. The van der Waals surface area contributed by atoms with E-state index >= 15 is 0 Å². The largest absolute Gasteiger partial charge is 0.468 e. The van der Waals surface area contributed by atoms with E-state index in [1.807, 2.05) is 30.3 Å². The third kappa shape index (κ3) is 3.07. The molecule has 0 aliphatic carbocycles. The van der Waals surface area contributed by atoms with Gasteiger partial charge in [0.25, 0.3) is 0 Å². The van der Waals surface area contributed by atoms with Gasteiger partial charge in [0.2, 0.25) is 0 Å². The van der Waals surface area contributed by atoms with Crippen LogP contribution < -0.4 is 5.32 Å². The molecule has 3 aromatic rings. The molecule has 0 aliphatic rings. The lowest BCUT2D eigenvalue weighted by Crippen LogP contribution is -2.12. The molecule has 19 heavy (non-hydrogen) atoms. The van der Waals surface area contributed by atoms with Gasteiger partial charge in [0.1, 0.15) is 10.8 Å². The number of thiazole rings is 1. The van der Waals surface area contributed by atoms with E-state index < -0.39 is 0 Å². The van der Waals surface area contributed by atoms with Crippen molar-refractivity contribution in [1.29, 1.82) is 0 Å². The van der Waals surface area contributed by atoms with Crippen LogP contribution in [0, 0.1) is 0 Å². The second-order valence-corrected chi connectivity index (χ2v) is 4.90. The van der Waals surface area contributed by atoms with Gasteiger partial charge in [-0.1, -0.05) is 6.07 Å². The van der Waals surface area contributed by atoms with Gasteiger partial charge in [-0.3, -0.25) is 4.98 Å². The van der Waals surface area contributed by atoms with Crippen LogP contribution in [0.25, 0.3) is 10.7 Å². The normalized spacial score (nSPS) is 10.7. The predicted molar refractivity (Wildman–Crippen MR) is 74.6 cm³/mol. The van der Waals surface area contributed by atoms with Gasteiger partial charge < -0.3 is 9.73 Å². The van der Waals surface area contributed by atoms with Gasteiger partial charge in [-0.25, -0.2) is 4.98 Å². The number of nitrogens with zero attached hydrogens (tertiary/aromatic N) is 2. The Hall–Kier alpha value is -1.98. The minimum Gasteiger partial charge on any atom is -0.468 e. The fourth-order valence-corrected chi connectivity index (χ4v) is 2.52. The highest BCUT2D eigenvalue weighted by Crippen LogP contribution is 2.21. The van der Waals surface area contributed by atoms with Crippen molar-refractivity contribution in [3.63, 3.8) is 0 Å². The molecule has 0 fully saturated rings. The average molecular weight is 271 g/mol. The molecule has 0 saturated carbocycles. The van der Waals surface area contributed by atoms with Gasteiger partial charge in [-0.05, 0) is 24.3 Å². The third-order valence-corrected chi connectivity index (χ3v) is 3.53. The van der Waals surface area contributed by atoms with Crippen LogP contribution in [-0.2, 0) is 13.1 Å². The maximum Gasteiger partial charge on any atom is 0.142 e. The van der Waals surface area contributed by atoms with Gasteiger partial charge in [0.15, 0.2) is 0 Å². The van der Waals surface area contributed by atoms with Crippen LogP contribution in [-0.4, -0.2) is 9.97 Å². The zero-order chi connectivity index (χ0) is 12.9. The van der Waals surface area contributed by atoms with Crippen molar-refractivity contribution in [3.05, 3.63) is 59.6 Å². The molecule has 3 rings (SSSR count).